The van der Waals surface area contributed by atoms with Crippen LogP contribution in [0.4, 0.5) is 4.79 Å². The highest BCUT2D eigenvalue weighted by atomic mass is 16.6. The second-order valence-electron chi connectivity index (χ2n) is 7.90. The molecule has 1 amide bonds. The lowest BCUT2D eigenvalue weighted by Crippen LogP contribution is -2.44. The van der Waals surface area contributed by atoms with Crippen LogP contribution in [0.1, 0.15) is 44.1 Å². The first kappa shape index (κ1) is 20.2. The van der Waals surface area contributed by atoms with Gasteiger partial charge in [-0.2, -0.15) is 0 Å². The number of rotatable bonds is 7. The summed E-state index contributed by atoms with van der Waals surface area (Å²) in [5, 5.41) is 0. The smallest absolute Gasteiger partial charge is 0.410 e. The molecule has 0 aromatic heterocycles. The zero-order valence-corrected chi connectivity index (χ0v) is 16.6. The third-order valence-corrected chi connectivity index (χ3v) is 6.01. The van der Waals surface area contributed by atoms with E-state index in [2.05, 4.69) is 4.90 Å². The van der Waals surface area contributed by atoms with Crippen molar-refractivity contribution < 1.29 is 14.3 Å². The highest BCUT2D eigenvalue weighted by molar-refractivity contribution is 5.67. The summed E-state index contributed by atoms with van der Waals surface area (Å²) in [6.45, 7) is 5.22. The van der Waals surface area contributed by atoms with Crippen molar-refractivity contribution in [3.05, 3.63) is 35.9 Å². The van der Waals surface area contributed by atoms with Gasteiger partial charge in [-0.15, -0.1) is 0 Å². The van der Waals surface area contributed by atoms with E-state index in [1.165, 1.54) is 32.2 Å². The molecule has 27 heavy (non-hydrogen) atoms. The minimum absolute atomic E-state index is 0.173. The summed E-state index contributed by atoms with van der Waals surface area (Å²) in [5.74, 6) is 0.716. The molecule has 5 nitrogen and oxygen atoms in total. The minimum atomic E-state index is -0.173. The number of methoxy groups -OCH3 is 1. The van der Waals surface area contributed by atoms with Gasteiger partial charge in [0.15, 0.2) is 0 Å². The van der Waals surface area contributed by atoms with Gasteiger partial charge in [0.2, 0.25) is 0 Å². The summed E-state index contributed by atoms with van der Waals surface area (Å²) in [7, 11) is 1.80. The number of amides is 1. The predicted molar refractivity (Wildman–Crippen MR) is 107 cm³/mol. The number of nitrogens with zero attached hydrogens (tertiary/aromatic N) is 2. The maximum absolute atomic E-state index is 12.3. The van der Waals surface area contributed by atoms with Crippen LogP contribution in [0.2, 0.25) is 0 Å². The van der Waals surface area contributed by atoms with Gasteiger partial charge >= 0.3 is 6.09 Å². The van der Waals surface area contributed by atoms with Crippen LogP contribution in [0.3, 0.4) is 0 Å². The first-order valence-corrected chi connectivity index (χ1v) is 10.4. The van der Waals surface area contributed by atoms with Crippen molar-refractivity contribution in [1.82, 2.24) is 9.80 Å². The lowest BCUT2D eigenvalue weighted by Gasteiger charge is -2.37. The van der Waals surface area contributed by atoms with E-state index >= 15 is 0 Å². The zero-order chi connectivity index (χ0) is 18.9. The molecule has 1 atom stereocenters. The number of carbonyl (C=O) groups is 1. The highest BCUT2D eigenvalue weighted by Crippen LogP contribution is 2.24. The van der Waals surface area contributed by atoms with Crippen LogP contribution in [0.25, 0.3) is 0 Å². The molecule has 1 unspecified atom stereocenters. The number of hydrogen-bond acceptors (Lipinski definition) is 4. The lowest BCUT2D eigenvalue weighted by atomic mass is 9.92. The quantitative estimate of drug-likeness (QED) is 0.725. The van der Waals surface area contributed by atoms with Gasteiger partial charge in [-0.1, -0.05) is 36.8 Å². The summed E-state index contributed by atoms with van der Waals surface area (Å²) >= 11 is 0. The fourth-order valence-corrected chi connectivity index (χ4v) is 4.30. The largest absolute Gasteiger partial charge is 0.445 e. The molecule has 0 saturated carbocycles. The van der Waals surface area contributed by atoms with Gasteiger partial charge in [-0.05, 0) is 56.7 Å². The summed E-state index contributed by atoms with van der Waals surface area (Å²) in [4.78, 5) is 16.8. The van der Waals surface area contributed by atoms with E-state index in [9.17, 15) is 4.79 Å². The molecule has 3 rings (SSSR count). The molecule has 150 valence electrons. The van der Waals surface area contributed by atoms with E-state index in [0.717, 1.165) is 44.6 Å². The third-order valence-electron chi connectivity index (χ3n) is 6.01. The molecule has 0 spiro atoms. The number of carbonyl (C=O) groups excluding carboxylic acids is 1. The van der Waals surface area contributed by atoms with Crippen LogP contribution in [0.5, 0.6) is 0 Å². The van der Waals surface area contributed by atoms with E-state index in [1.807, 2.05) is 35.2 Å². The Morgan fingerprint density at radius 3 is 2.59 bits per heavy atom. The van der Waals surface area contributed by atoms with Gasteiger partial charge in [-0.3, -0.25) is 4.90 Å². The van der Waals surface area contributed by atoms with Crippen LogP contribution in [-0.2, 0) is 16.1 Å². The molecular weight excluding hydrogens is 340 g/mol. The van der Waals surface area contributed by atoms with Gasteiger partial charge < -0.3 is 14.4 Å². The summed E-state index contributed by atoms with van der Waals surface area (Å²) in [6.07, 6.45) is 7.13. The van der Waals surface area contributed by atoms with E-state index in [1.54, 1.807) is 7.11 Å². The molecule has 2 aliphatic heterocycles. The summed E-state index contributed by atoms with van der Waals surface area (Å²) in [5.41, 5.74) is 1.04. The average molecular weight is 375 g/mol. The number of piperidine rings is 2. The molecule has 1 aromatic carbocycles. The molecule has 0 N–H and O–H groups in total. The molecule has 2 saturated heterocycles. The van der Waals surface area contributed by atoms with Crippen LogP contribution in [0, 0.1) is 5.92 Å². The van der Waals surface area contributed by atoms with E-state index in [4.69, 9.17) is 9.47 Å². The van der Waals surface area contributed by atoms with Crippen molar-refractivity contribution in [2.75, 3.05) is 39.9 Å². The molecular formula is C22H34N2O3. The normalized spacial score (nSPS) is 22.0. The molecule has 0 radical (unpaired) electrons. The maximum atomic E-state index is 12.3. The Labute approximate surface area is 163 Å². The number of likely N-dealkylation sites (tertiary alicyclic amines) is 2. The minimum Gasteiger partial charge on any atom is -0.445 e. The van der Waals surface area contributed by atoms with Gasteiger partial charge in [0, 0.05) is 26.2 Å². The molecule has 0 aliphatic carbocycles. The van der Waals surface area contributed by atoms with Crippen molar-refractivity contribution in [3.8, 4) is 0 Å². The van der Waals surface area contributed by atoms with Crippen molar-refractivity contribution in [3.63, 3.8) is 0 Å². The van der Waals surface area contributed by atoms with Crippen LogP contribution < -0.4 is 0 Å². The third kappa shape index (κ3) is 6.22. The molecule has 0 bridgehead atoms. The Bertz CT molecular complexity index is 556. The summed E-state index contributed by atoms with van der Waals surface area (Å²) in [6, 6.07) is 10.5. The Morgan fingerprint density at radius 2 is 1.85 bits per heavy atom. The fourth-order valence-electron chi connectivity index (χ4n) is 4.30. The Kier molecular flexibility index (Phi) is 7.96. The maximum Gasteiger partial charge on any atom is 0.410 e. The second kappa shape index (κ2) is 10.7. The fraction of sp³-hybridized carbons (Fsp3) is 0.682. The molecule has 5 heteroatoms. The lowest BCUT2D eigenvalue weighted by molar-refractivity contribution is 0.0550. The molecule has 2 fully saturated rings. The second-order valence-corrected chi connectivity index (χ2v) is 7.90. The van der Waals surface area contributed by atoms with Crippen LogP contribution in [0.15, 0.2) is 30.3 Å². The first-order valence-electron chi connectivity index (χ1n) is 10.4. The first-order chi connectivity index (χ1) is 13.3. The predicted octanol–water partition coefficient (Wildman–Crippen LogP) is 3.93. The van der Waals surface area contributed by atoms with Gasteiger partial charge in [-0.25, -0.2) is 4.79 Å². The van der Waals surface area contributed by atoms with Crippen molar-refractivity contribution >= 4 is 6.09 Å². The molecule has 1 aromatic rings. The van der Waals surface area contributed by atoms with E-state index < -0.39 is 0 Å². The summed E-state index contributed by atoms with van der Waals surface area (Å²) < 4.78 is 10.9. The average Bonchev–Trinajstić information content (AvgIpc) is 2.73. The SMILES string of the molecule is COCC1CCCCN1CCC1CCN(C(=O)OCc2ccccc2)CC1. The molecule has 2 heterocycles. The monoisotopic (exact) mass is 374 g/mol. The highest BCUT2D eigenvalue weighted by Gasteiger charge is 2.26. The standard InChI is InChI=1S/C22H34N2O3/c1-26-18-21-9-5-6-13-23(21)14-10-19-11-15-24(16-12-19)22(25)27-17-20-7-3-2-4-8-20/h2-4,7-8,19,21H,5-6,9-18H2,1H3. The van der Waals surface area contributed by atoms with Crippen molar-refractivity contribution in [2.45, 2.75) is 51.2 Å². The van der Waals surface area contributed by atoms with Gasteiger partial charge in [0.25, 0.3) is 0 Å². The Balaban J connectivity index is 1.35. The van der Waals surface area contributed by atoms with Crippen LogP contribution >= 0.6 is 0 Å². The number of benzene rings is 1. The number of hydrogen-bond donors (Lipinski definition) is 0. The zero-order valence-electron chi connectivity index (χ0n) is 16.6. The Hall–Kier alpha value is -1.59. The Morgan fingerprint density at radius 1 is 1.07 bits per heavy atom. The molecule has 2 aliphatic rings. The van der Waals surface area contributed by atoms with Crippen molar-refractivity contribution in [1.29, 1.82) is 0 Å². The van der Waals surface area contributed by atoms with Gasteiger partial charge in [0.05, 0.1) is 6.61 Å². The number of ether oxygens (including phenoxy) is 2. The van der Waals surface area contributed by atoms with Crippen molar-refractivity contribution in [2.24, 2.45) is 5.92 Å². The van der Waals surface area contributed by atoms with Crippen LogP contribution in [-0.4, -0.2) is 61.8 Å². The topological polar surface area (TPSA) is 42.0 Å². The van der Waals surface area contributed by atoms with Gasteiger partial charge in [0.1, 0.15) is 6.61 Å². The van der Waals surface area contributed by atoms with E-state index in [-0.39, 0.29) is 6.09 Å². The van der Waals surface area contributed by atoms with E-state index in [0.29, 0.717) is 18.6 Å².